The van der Waals surface area contributed by atoms with Gasteiger partial charge in [0, 0.05) is 6.92 Å². The Balaban J connectivity index is 1.79. The Morgan fingerprint density at radius 1 is 1.58 bits per heavy atom. The van der Waals surface area contributed by atoms with Gasteiger partial charge in [0.15, 0.2) is 18.2 Å². The highest BCUT2D eigenvalue weighted by atomic mass is 16.6. The number of nitrogens with zero attached hydrogens (tertiary/aromatic N) is 3. The molecule has 0 saturated carbocycles. The zero-order valence-corrected chi connectivity index (χ0v) is 10.4. The standard InChI is InChI=1S/C10H15N5O4/c1-6(16)19-3-2-18-5-15-4-12-7-8(15)13-10(11)14-9(7)17/h4,7-8H,2-3,5H2,1H3,(H3,11,13,14,17). The smallest absolute Gasteiger partial charge is 0.302 e. The SMILES string of the molecule is CC(=O)OCCOCN1C=NC2C(=O)NC(N)=NC21. The van der Waals surface area contributed by atoms with E-state index in [0.717, 1.165) is 0 Å². The van der Waals surface area contributed by atoms with Gasteiger partial charge in [-0.25, -0.2) is 4.99 Å². The number of fused-ring (bicyclic) bond motifs is 1. The third-order valence-electron chi connectivity index (χ3n) is 2.56. The van der Waals surface area contributed by atoms with Crippen LogP contribution in [0.3, 0.4) is 0 Å². The number of nitrogens with two attached hydrogens (primary N) is 1. The van der Waals surface area contributed by atoms with Crippen molar-refractivity contribution in [3.05, 3.63) is 0 Å². The molecule has 2 aliphatic heterocycles. The summed E-state index contributed by atoms with van der Waals surface area (Å²) in [7, 11) is 0. The van der Waals surface area contributed by atoms with Gasteiger partial charge in [-0.05, 0) is 0 Å². The first-order chi connectivity index (χ1) is 9.08. The van der Waals surface area contributed by atoms with Crippen LogP contribution in [-0.2, 0) is 19.1 Å². The number of aliphatic imine (C=N–C) groups is 2. The Morgan fingerprint density at radius 2 is 2.37 bits per heavy atom. The zero-order valence-electron chi connectivity index (χ0n) is 10.4. The summed E-state index contributed by atoms with van der Waals surface area (Å²) in [4.78, 5) is 31.9. The van der Waals surface area contributed by atoms with E-state index in [2.05, 4.69) is 15.3 Å². The van der Waals surface area contributed by atoms with Crippen LogP contribution in [0.5, 0.6) is 0 Å². The largest absolute Gasteiger partial charge is 0.463 e. The van der Waals surface area contributed by atoms with Crippen molar-refractivity contribution in [2.75, 3.05) is 19.9 Å². The normalized spacial score (nSPS) is 24.8. The fourth-order valence-electron chi connectivity index (χ4n) is 1.73. The third kappa shape index (κ3) is 3.19. The highest BCUT2D eigenvalue weighted by Gasteiger charge is 2.39. The van der Waals surface area contributed by atoms with Crippen molar-refractivity contribution in [3.8, 4) is 0 Å². The van der Waals surface area contributed by atoms with Crippen molar-refractivity contribution in [2.45, 2.75) is 19.1 Å². The first-order valence-electron chi connectivity index (χ1n) is 5.72. The van der Waals surface area contributed by atoms with Crippen molar-refractivity contribution >= 4 is 24.2 Å². The summed E-state index contributed by atoms with van der Waals surface area (Å²) in [6.45, 7) is 1.96. The molecule has 2 aliphatic rings. The Bertz CT molecular complexity index is 436. The van der Waals surface area contributed by atoms with Crippen LogP contribution in [0.1, 0.15) is 6.92 Å². The molecule has 2 rings (SSSR count). The second-order valence-electron chi connectivity index (χ2n) is 4.02. The van der Waals surface area contributed by atoms with Crippen LogP contribution in [-0.4, -0.2) is 61.2 Å². The van der Waals surface area contributed by atoms with E-state index in [-0.39, 0.29) is 37.8 Å². The van der Waals surface area contributed by atoms with Crippen LogP contribution in [0.2, 0.25) is 0 Å². The number of rotatable bonds is 5. The summed E-state index contributed by atoms with van der Waals surface area (Å²) in [5, 5.41) is 2.41. The maximum atomic E-state index is 11.6. The molecule has 2 atom stereocenters. The summed E-state index contributed by atoms with van der Waals surface area (Å²) in [5.74, 6) is -0.564. The van der Waals surface area contributed by atoms with Gasteiger partial charge in [-0.3, -0.25) is 19.9 Å². The van der Waals surface area contributed by atoms with Gasteiger partial charge in [0.1, 0.15) is 13.3 Å². The Labute approximate surface area is 109 Å². The number of hydrogen-bond acceptors (Lipinski definition) is 8. The molecule has 0 radical (unpaired) electrons. The number of ether oxygens (including phenoxy) is 2. The molecule has 0 spiro atoms. The Hall–Kier alpha value is -2.16. The van der Waals surface area contributed by atoms with Gasteiger partial charge in [-0.15, -0.1) is 0 Å². The second-order valence-corrected chi connectivity index (χ2v) is 4.02. The van der Waals surface area contributed by atoms with E-state index in [1.165, 1.54) is 13.3 Å². The minimum atomic E-state index is -0.593. The number of esters is 1. The topological polar surface area (TPSA) is 119 Å². The maximum Gasteiger partial charge on any atom is 0.302 e. The van der Waals surface area contributed by atoms with Gasteiger partial charge in [0.25, 0.3) is 5.91 Å². The predicted molar refractivity (Wildman–Crippen MR) is 65.1 cm³/mol. The van der Waals surface area contributed by atoms with Crippen LogP contribution in [0.15, 0.2) is 9.98 Å². The molecule has 0 saturated heterocycles. The summed E-state index contributed by atoms with van der Waals surface area (Å²) in [6, 6.07) is -0.593. The van der Waals surface area contributed by atoms with Gasteiger partial charge >= 0.3 is 5.97 Å². The molecule has 0 aromatic rings. The lowest BCUT2D eigenvalue weighted by Crippen LogP contribution is -2.54. The monoisotopic (exact) mass is 269 g/mol. The van der Waals surface area contributed by atoms with Gasteiger partial charge < -0.3 is 20.1 Å². The van der Waals surface area contributed by atoms with Crippen LogP contribution in [0, 0.1) is 0 Å². The van der Waals surface area contributed by atoms with Crippen molar-refractivity contribution in [1.82, 2.24) is 10.2 Å². The molecular weight excluding hydrogens is 254 g/mol. The number of amides is 1. The molecule has 2 heterocycles. The predicted octanol–water partition coefficient (Wildman–Crippen LogP) is -1.99. The molecule has 0 fully saturated rings. The van der Waals surface area contributed by atoms with E-state index in [4.69, 9.17) is 15.2 Å². The summed E-state index contributed by atoms with van der Waals surface area (Å²) in [6.07, 6.45) is 1.03. The first-order valence-corrected chi connectivity index (χ1v) is 5.72. The third-order valence-corrected chi connectivity index (χ3v) is 2.56. The maximum absolute atomic E-state index is 11.6. The number of guanidine groups is 1. The average Bonchev–Trinajstić information content (AvgIpc) is 2.72. The zero-order chi connectivity index (χ0) is 13.8. The average molecular weight is 269 g/mol. The highest BCUT2D eigenvalue weighted by molar-refractivity contribution is 6.02. The second kappa shape index (κ2) is 5.65. The Morgan fingerprint density at radius 3 is 3.11 bits per heavy atom. The van der Waals surface area contributed by atoms with Crippen molar-refractivity contribution in [1.29, 1.82) is 0 Å². The molecule has 9 heteroatoms. The van der Waals surface area contributed by atoms with E-state index in [9.17, 15) is 9.59 Å². The molecule has 1 amide bonds. The number of carbonyl (C=O) groups excluding carboxylic acids is 2. The van der Waals surface area contributed by atoms with E-state index >= 15 is 0 Å². The fraction of sp³-hybridized carbons (Fsp3) is 0.600. The number of hydrogen-bond donors (Lipinski definition) is 2. The lowest BCUT2D eigenvalue weighted by atomic mass is 10.2. The van der Waals surface area contributed by atoms with Crippen molar-refractivity contribution in [2.24, 2.45) is 15.7 Å². The highest BCUT2D eigenvalue weighted by Crippen LogP contribution is 2.17. The lowest BCUT2D eigenvalue weighted by Gasteiger charge is -2.27. The molecular formula is C10H15N5O4. The molecule has 104 valence electrons. The molecule has 0 aliphatic carbocycles. The van der Waals surface area contributed by atoms with Crippen molar-refractivity contribution < 1.29 is 19.1 Å². The van der Waals surface area contributed by atoms with Crippen molar-refractivity contribution in [3.63, 3.8) is 0 Å². The van der Waals surface area contributed by atoms with Crippen LogP contribution in [0.25, 0.3) is 0 Å². The quantitative estimate of drug-likeness (QED) is 0.440. The summed E-state index contributed by atoms with van der Waals surface area (Å²) in [5.41, 5.74) is 5.49. The minimum absolute atomic E-state index is 0.0710. The van der Waals surface area contributed by atoms with Crippen LogP contribution < -0.4 is 11.1 Å². The molecule has 9 nitrogen and oxygen atoms in total. The van der Waals surface area contributed by atoms with E-state index < -0.39 is 12.2 Å². The van der Waals surface area contributed by atoms with Gasteiger partial charge in [0.05, 0.1) is 12.9 Å². The lowest BCUT2D eigenvalue weighted by molar-refractivity contribution is -0.143. The van der Waals surface area contributed by atoms with E-state index in [0.29, 0.717) is 0 Å². The van der Waals surface area contributed by atoms with E-state index in [1.807, 2.05) is 0 Å². The molecule has 0 bridgehead atoms. The number of nitrogens with one attached hydrogen (secondary N) is 1. The van der Waals surface area contributed by atoms with Crippen LogP contribution >= 0.6 is 0 Å². The fourth-order valence-corrected chi connectivity index (χ4v) is 1.73. The molecule has 3 N–H and O–H groups in total. The van der Waals surface area contributed by atoms with Crippen LogP contribution in [0.4, 0.5) is 0 Å². The molecule has 19 heavy (non-hydrogen) atoms. The molecule has 2 unspecified atom stereocenters. The van der Waals surface area contributed by atoms with Gasteiger partial charge in [0.2, 0.25) is 0 Å². The van der Waals surface area contributed by atoms with E-state index in [1.54, 1.807) is 4.90 Å². The van der Waals surface area contributed by atoms with Gasteiger partial charge in [-0.1, -0.05) is 0 Å². The summed E-state index contributed by atoms with van der Waals surface area (Å²) >= 11 is 0. The number of carbonyl (C=O) groups is 2. The Kier molecular flexibility index (Phi) is 3.95. The van der Waals surface area contributed by atoms with Gasteiger partial charge in [-0.2, -0.15) is 0 Å². The summed E-state index contributed by atoms with van der Waals surface area (Å²) < 4.78 is 10.0. The minimum Gasteiger partial charge on any atom is -0.463 e. The molecule has 0 aromatic heterocycles. The first kappa shape index (κ1) is 13.3. The molecule has 0 aromatic carbocycles.